The molecule has 0 saturated carbocycles. The highest BCUT2D eigenvalue weighted by molar-refractivity contribution is 9.10. The van der Waals surface area contributed by atoms with Crippen molar-refractivity contribution < 1.29 is 4.79 Å². The van der Waals surface area contributed by atoms with Crippen molar-refractivity contribution in [1.29, 1.82) is 0 Å². The number of hydrazone groups is 1. The standard InChI is InChI=1S/C24H20BrN5OS/c1-17(19-11-8-12-20(25)15-19)26-27-22(31)16-32-24-29-28-23(18-9-4-2-5-10-18)30(24)21-13-6-3-7-14-21/h2-15H,16H2,1H3,(H,27,31)/b26-17+. The number of carbonyl (C=O) groups excluding carboxylic acids is 1. The Bertz CT molecular complexity index is 1240. The van der Waals surface area contributed by atoms with E-state index in [0.717, 1.165) is 32.8 Å². The van der Waals surface area contributed by atoms with Crippen molar-refractivity contribution in [2.75, 3.05) is 5.75 Å². The van der Waals surface area contributed by atoms with Crippen molar-refractivity contribution in [2.24, 2.45) is 5.10 Å². The average molecular weight is 506 g/mol. The molecule has 1 amide bonds. The van der Waals surface area contributed by atoms with Crippen LogP contribution in [0.1, 0.15) is 12.5 Å². The highest BCUT2D eigenvalue weighted by atomic mass is 79.9. The summed E-state index contributed by atoms with van der Waals surface area (Å²) in [6.07, 6.45) is 0. The number of hydrogen-bond donors (Lipinski definition) is 1. The fourth-order valence-electron chi connectivity index (χ4n) is 3.03. The van der Waals surface area contributed by atoms with E-state index >= 15 is 0 Å². The Kier molecular flexibility index (Phi) is 7.14. The molecule has 0 bridgehead atoms. The number of thioether (sulfide) groups is 1. The Morgan fingerprint density at radius 1 is 1.00 bits per heavy atom. The summed E-state index contributed by atoms with van der Waals surface area (Å²) in [7, 11) is 0. The lowest BCUT2D eigenvalue weighted by Gasteiger charge is -2.10. The molecule has 32 heavy (non-hydrogen) atoms. The second-order valence-electron chi connectivity index (χ2n) is 6.87. The van der Waals surface area contributed by atoms with Crippen LogP contribution in [0.4, 0.5) is 0 Å². The molecule has 0 fully saturated rings. The molecule has 3 aromatic carbocycles. The van der Waals surface area contributed by atoms with Gasteiger partial charge in [-0.05, 0) is 36.8 Å². The Balaban J connectivity index is 1.50. The first kappa shape index (κ1) is 22.0. The van der Waals surface area contributed by atoms with Gasteiger partial charge in [-0.1, -0.05) is 88.4 Å². The maximum atomic E-state index is 12.4. The van der Waals surface area contributed by atoms with E-state index in [2.05, 4.69) is 36.7 Å². The summed E-state index contributed by atoms with van der Waals surface area (Å²) in [6.45, 7) is 1.85. The third kappa shape index (κ3) is 5.33. The topological polar surface area (TPSA) is 72.2 Å². The first-order chi connectivity index (χ1) is 15.6. The fourth-order valence-corrected chi connectivity index (χ4v) is 4.18. The molecule has 1 aromatic heterocycles. The molecule has 0 spiro atoms. The highest BCUT2D eigenvalue weighted by Crippen LogP contribution is 2.27. The molecule has 0 aliphatic carbocycles. The molecule has 4 rings (SSSR count). The van der Waals surface area contributed by atoms with Crippen LogP contribution in [0.2, 0.25) is 0 Å². The minimum atomic E-state index is -0.215. The van der Waals surface area contributed by atoms with E-state index in [9.17, 15) is 4.79 Å². The van der Waals surface area contributed by atoms with Crippen LogP contribution in [0.3, 0.4) is 0 Å². The van der Waals surface area contributed by atoms with Gasteiger partial charge in [0.2, 0.25) is 0 Å². The maximum Gasteiger partial charge on any atom is 0.250 e. The van der Waals surface area contributed by atoms with Crippen LogP contribution in [0.15, 0.2) is 99.7 Å². The summed E-state index contributed by atoms with van der Waals surface area (Å²) in [4.78, 5) is 12.4. The molecular weight excluding hydrogens is 486 g/mol. The maximum absolute atomic E-state index is 12.4. The van der Waals surface area contributed by atoms with Crippen molar-refractivity contribution in [3.8, 4) is 17.1 Å². The summed E-state index contributed by atoms with van der Waals surface area (Å²) in [5.74, 6) is 0.672. The number of carbonyl (C=O) groups is 1. The highest BCUT2D eigenvalue weighted by Gasteiger charge is 2.17. The molecule has 160 valence electrons. The van der Waals surface area contributed by atoms with Gasteiger partial charge in [-0.3, -0.25) is 9.36 Å². The number of aromatic nitrogens is 3. The quantitative estimate of drug-likeness (QED) is 0.209. The second kappa shape index (κ2) is 10.4. The van der Waals surface area contributed by atoms with Crippen molar-refractivity contribution in [1.82, 2.24) is 20.2 Å². The van der Waals surface area contributed by atoms with Gasteiger partial charge in [0.05, 0.1) is 11.5 Å². The van der Waals surface area contributed by atoms with Crippen LogP contribution in [0.25, 0.3) is 17.1 Å². The Morgan fingerprint density at radius 2 is 1.72 bits per heavy atom. The van der Waals surface area contributed by atoms with Gasteiger partial charge < -0.3 is 0 Å². The van der Waals surface area contributed by atoms with Crippen molar-refractivity contribution in [2.45, 2.75) is 12.1 Å². The fraction of sp³-hybridized carbons (Fsp3) is 0.0833. The Hall–Kier alpha value is -3.23. The molecule has 0 unspecified atom stereocenters. The summed E-state index contributed by atoms with van der Waals surface area (Å²) in [6, 6.07) is 27.5. The SMILES string of the molecule is C/C(=N\NC(=O)CSc1nnc(-c2ccccc2)n1-c1ccccc1)c1cccc(Br)c1. The summed E-state index contributed by atoms with van der Waals surface area (Å²) in [5, 5.41) is 13.6. The van der Waals surface area contributed by atoms with Gasteiger partial charge in [-0.15, -0.1) is 10.2 Å². The molecule has 1 heterocycles. The molecule has 6 nitrogen and oxygen atoms in total. The molecular formula is C24H20BrN5OS. The number of para-hydroxylation sites is 1. The lowest BCUT2D eigenvalue weighted by Crippen LogP contribution is -2.21. The minimum absolute atomic E-state index is 0.162. The number of hydrogen-bond acceptors (Lipinski definition) is 5. The van der Waals surface area contributed by atoms with E-state index < -0.39 is 0 Å². The van der Waals surface area contributed by atoms with E-state index in [1.807, 2.05) is 96.4 Å². The van der Waals surface area contributed by atoms with E-state index in [4.69, 9.17) is 0 Å². The van der Waals surface area contributed by atoms with Gasteiger partial charge in [0.25, 0.3) is 5.91 Å². The Morgan fingerprint density at radius 3 is 2.44 bits per heavy atom. The largest absolute Gasteiger partial charge is 0.272 e. The first-order valence-corrected chi connectivity index (χ1v) is 11.7. The number of amides is 1. The van der Waals surface area contributed by atoms with E-state index in [0.29, 0.717) is 5.16 Å². The second-order valence-corrected chi connectivity index (χ2v) is 8.73. The lowest BCUT2D eigenvalue weighted by molar-refractivity contribution is -0.118. The number of nitrogens with one attached hydrogen (secondary N) is 1. The van der Waals surface area contributed by atoms with Crippen molar-refractivity contribution in [3.63, 3.8) is 0 Å². The first-order valence-electron chi connectivity index (χ1n) is 9.90. The van der Waals surface area contributed by atoms with Crippen LogP contribution in [0.5, 0.6) is 0 Å². The third-order valence-electron chi connectivity index (χ3n) is 4.60. The molecule has 4 aromatic rings. The van der Waals surface area contributed by atoms with Crippen LogP contribution >= 0.6 is 27.7 Å². The Labute approximate surface area is 198 Å². The van der Waals surface area contributed by atoms with Gasteiger partial charge in [0.15, 0.2) is 11.0 Å². The zero-order valence-electron chi connectivity index (χ0n) is 17.3. The summed E-state index contributed by atoms with van der Waals surface area (Å²) >= 11 is 4.76. The normalized spacial score (nSPS) is 11.4. The van der Waals surface area contributed by atoms with Gasteiger partial charge in [-0.2, -0.15) is 5.10 Å². The number of halogens is 1. The van der Waals surface area contributed by atoms with E-state index in [1.54, 1.807) is 0 Å². The van der Waals surface area contributed by atoms with Crippen LogP contribution < -0.4 is 5.43 Å². The number of benzene rings is 3. The van der Waals surface area contributed by atoms with E-state index in [1.165, 1.54) is 11.8 Å². The molecule has 0 aliphatic heterocycles. The van der Waals surface area contributed by atoms with Crippen molar-refractivity contribution in [3.05, 3.63) is 95.0 Å². The zero-order valence-corrected chi connectivity index (χ0v) is 19.7. The van der Waals surface area contributed by atoms with Gasteiger partial charge in [0, 0.05) is 15.7 Å². The van der Waals surface area contributed by atoms with Crippen molar-refractivity contribution >= 4 is 39.3 Å². The summed E-state index contributed by atoms with van der Waals surface area (Å²) in [5.41, 5.74) is 6.17. The van der Waals surface area contributed by atoms with Crippen LogP contribution in [-0.2, 0) is 4.79 Å². The molecule has 8 heteroatoms. The predicted molar refractivity (Wildman–Crippen MR) is 132 cm³/mol. The monoisotopic (exact) mass is 505 g/mol. The number of rotatable bonds is 7. The molecule has 0 saturated heterocycles. The van der Waals surface area contributed by atoms with Crippen LogP contribution in [0, 0.1) is 0 Å². The lowest BCUT2D eigenvalue weighted by atomic mass is 10.1. The average Bonchev–Trinajstić information content (AvgIpc) is 3.26. The predicted octanol–water partition coefficient (Wildman–Crippen LogP) is 5.33. The minimum Gasteiger partial charge on any atom is -0.272 e. The molecule has 1 N–H and O–H groups in total. The smallest absolute Gasteiger partial charge is 0.250 e. The van der Waals surface area contributed by atoms with Gasteiger partial charge >= 0.3 is 0 Å². The van der Waals surface area contributed by atoms with E-state index in [-0.39, 0.29) is 11.7 Å². The summed E-state index contributed by atoms with van der Waals surface area (Å²) < 4.78 is 2.92. The molecule has 0 aliphatic rings. The third-order valence-corrected chi connectivity index (χ3v) is 6.03. The van der Waals surface area contributed by atoms with Gasteiger partial charge in [-0.25, -0.2) is 5.43 Å². The molecule has 0 radical (unpaired) electrons. The molecule has 0 atom stereocenters. The number of nitrogens with zero attached hydrogens (tertiary/aromatic N) is 4. The zero-order chi connectivity index (χ0) is 22.3. The van der Waals surface area contributed by atoms with Crippen LogP contribution in [-0.4, -0.2) is 32.1 Å². The van der Waals surface area contributed by atoms with Gasteiger partial charge in [0.1, 0.15) is 0 Å².